The van der Waals surface area contributed by atoms with E-state index in [0.717, 1.165) is 19.3 Å². The predicted octanol–water partition coefficient (Wildman–Crippen LogP) is 4.27. The van der Waals surface area contributed by atoms with Crippen molar-refractivity contribution >= 4 is 35.6 Å². The van der Waals surface area contributed by atoms with E-state index in [1.807, 2.05) is 13.8 Å². The van der Waals surface area contributed by atoms with E-state index < -0.39 is 0 Å². The molecule has 2 bridgehead atoms. The van der Waals surface area contributed by atoms with Crippen molar-refractivity contribution in [2.45, 2.75) is 76.6 Å². The molecule has 5 nitrogen and oxygen atoms in total. The molecule has 160 valence electrons. The van der Waals surface area contributed by atoms with E-state index in [4.69, 9.17) is 22.1 Å². The zero-order valence-corrected chi connectivity index (χ0v) is 18.9. The molecule has 1 amide bonds. The molecule has 2 unspecified atom stereocenters. The van der Waals surface area contributed by atoms with E-state index in [1.165, 1.54) is 12.8 Å². The lowest BCUT2D eigenvalue weighted by Crippen LogP contribution is -2.48. The lowest BCUT2D eigenvalue weighted by Gasteiger charge is -2.36. The molecular formula is C22H31Cl2N3O2. The highest BCUT2D eigenvalue weighted by atomic mass is 35.5. The maximum absolute atomic E-state index is 13.0. The van der Waals surface area contributed by atoms with Crippen molar-refractivity contribution in [3.8, 4) is 17.6 Å². The number of fused-ring (bicyclic) bond motifs is 2. The summed E-state index contributed by atoms with van der Waals surface area (Å²) in [6.45, 7) is 3.92. The molecule has 2 heterocycles. The van der Waals surface area contributed by atoms with Gasteiger partial charge in [-0.15, -0.1) is 18.3 Å². The summed E-state index contributed by atoms with van der Waals surface area (Å²) >= 11 is 6.39. The smallest absolute Gasteiger partial charge is 0.255 e. The Morgan fingerprint density at radius 3 is 2.62 bits per heavy atom. The van der Waals surface area contributed by atoms with Crippen molar-refractivity contribution in [2.24, 2.45) is 0 Å². The van der Waals surface area contributed by atoms with Crippen molar-refractivity contribution in [3.05, 3.63) is 22.7 Å². The highest BCUT2D eigenvalue weighted by molar-refractivity contribution is 6.35. The number of rotatable bonds is 5. The predicted molar refractivity (Wildman–Crippen MR) is 121 cm³/mol. The zero-order valence-electron chi connectivity index (χ0n) is 17.3. The van der Waals surface area contributed by atoms with Crippen molar-refractivity contribution in [2.75, 3.05) is 12.8 Å². The average Bonchev–Trinajstić information content (AvgIpc) is 2.87. The van der Waals surface area contributed by atoms with Gasteiger partial charge < -0.3 is 20.7 Å². The van der Waals surface area contributed by atoms with Crippen molar-refractivity contribution in [1.82, 2.24) is 10.2 Å². The molecule has 0 aromatic heterocycles. The molecule has 7 heteroatoms. The van der Waals surface area contributed by atoms with E-state index in [2.05, 4.69) is 29.1 Å². The first kappa shape index (κ1) is 23.7. The summed E-state index contributed by atoms with van der Waals surface area (Å²) in [5.74, 6) is 6.29. The van der Waals surface area contributed by atoms with Crippen molar-refractivity contribution in [3.63, 3.8) is 0 Å². The number of carbonyl (C=O) groups is 1. The fourth-order valence-electron chi connectivity index (χ4n) is 4.24. The Hall–Kier alpha value is -1.61. The van der Waals surface area contributed by atoms with Crippen LogP contribution in [0, 0.1) is 11.8 Å². The van der Waals surface area contributed by atoms with Gasteiger partial charge in [-0.2, -0.15) is 0 Å². The van der Waals surface area contributed by atoms with Crippen LogP contribution in [-0.2, 0) is 0 Å². The Kier molecular flexibility index (Phi) is 8.51. The topological polar surface area (TPSA) is 67.6 Å². The van der Waals surface area contributed by atoms with Crippen LogP contribution in [0.4, 0.5) is 5.69 Å². The number of benzene rings is 1. The highest BCUT2D eigenvalue weighted by Crippen LogP contribution is 2.37. The molecule has 0 aliphatic carbocycles. The van der Waals surface area contributed by atoms with E-state index in [1.54, 1.807) is 12.1 Å². The number of amides is 1. The lowest BCUT2D eigenvalue weighted by atomic mass is 9.97. The minimum Gasteiger partial charge on any atom is -0.487 e. The Balaban J connectivity index is 0.00000300. The standard InChI is InChI=1S/C22H30ClN3O2.ClH/c1-4-5-6-7-14(2)28-21-18(10-11-19(24)20(21)23)22(27)25-15-12-16-8-9-17(13-15)26(16)3;/h10-11,14-17H,4,7-9,12-13,24H2,1-3H3,(H,25,27);1H/t14-,15?,16?,17?;/m0./s1. The van der Waals surface area contributed by atoms with Gasteiger partial charge in [0, 0.05) is 31.0 Å². The molecule has 3 rings (SSSR count). The van der Waals surface area contributed by atoms with Crippen molar-refractivity contribution in [1.29, 1.82) is 0 Å². The maximum atomic E-state index is 13.0. The van der Waals surface area contributed by atoms with Crippen molar-refractivity contribution < 1.29 is 9.53 Å². The molecule has 2 aliphatic rings. The average molecular weight is 440 g/mol. The molecular weight excluding hydrogens is 409 g/mol. The normalized spacial score (nSPS) is 24.1. The number of hydrogen-bond donors (Lipinski definition) is 2. The summed E-state index contributed by atoms with van der Waals surface area (Å²) in [6, 6.07) is 4.65. The number of halogens is 2. The molecule has 2 aliphatic heterocycles. The van der Waals surface area contributed by atoms with E-state index >= 15 is 0 Å². The van der Waals surface area contributed by atoms with E-state index in [0.29, 0.717) is 35.5 Å². The summed E-state index contributed by atoms with van der Waals surface area (Å²) in [4.78, 5) is 15.5. The second kappa shape index (κ2) is 10.4. The number of nitrogens with two attached hydrogens (primary N) is 1. The van der Waals surface area contributed by atoms with Gasteiger partial charge in [-0.1, -0.05) is 24.4 Å². The van der Waals surface area contributed by atoms with E-state index in [9.17, 15) is 4.79 Å². The Morgan fingerprint density at radius 1 is 1.34 bits per heavy atom. The first-order valence-electron chi connectivity index (χ1n) is 10.1. The monoisotopic (exact) mass is 439 g/mol. The second-order valence-electron chi connectivity index (χ2n) is 7.88. The van der Waals surface area contributed by atoms with Crippen LogP contribution in [-0.4, -0.2) is 42.1 Å². The fraction of sp³-hybridized carbons (Fsp3) is 0.591. The number of carbonyl (C=O) groups excluding carboxylic acids is 1. The molecule has 2 fully saturated rings. The molecule has 3 atom stereocenters. The van der Waals surface area contributed by atoms with Gasteiger partial charge in [0.05, 0.1) is 11.3 Å². The second-order valence-corrected chi connectivity index (χ2v) is 8.26. The number of ether oxygens (including phenoxy) is 1. The Bertz CT molecular complexity index is 776. The number of anilines is 1. The number of nitrogens with zero attached hydrogens (tertiary/aromatic N) is 1. The zero-order chi connectivity index (χ0) is 20.3. The van der Waals surface area contributed by atoms with Crippen LogP contribution >= 0.6 is 24.0 Å². The van der Waals surface area contributed by atoms with Crippen LogP contribution in [0.3, 0.4) is 0 Å². The van der Waals surface area contributed by atoms with Crippen LogP contribution in [0.2, 0.25) is 5.02 Å². The van der Waals surface area contributed by atoms with Gasteiger partial charge in [0.2, 0.25) is 0 Å². The molecule has 29 heavy (non-hydrogen) atoms. The molecule has 3 N–H and O–H groups in total. The number of piperidine rings is 1. The molecule has 0 spiro atoms. The minimum atomic E-state index is -0.191. The molecule has 0 saturated carbocycles. The number of nitrogen functional groups attached to an aromatic ring is 1. The first-order valence-corrected chi connectivity index (χ1v) is 10.5. The van der Waals surface area contributed by atoms with Gasteiger partial charge in [-0.05, 0) is 51.8 Å². The Labute approximate surface area is 185 Å². The molecule has 2 saturated heterocycles. The third-order valence-corrected chi connectivity index (χ3v) is 6.21. The summed E-state index contributed by atoms with van der Waals surface area (Å²) in [7, 11) is 2.19. The van der Waals surface area contributed by atoms with Gasteiger partial charge in [0.15, 0.2) is 5.75 Å². The van der Waals surface area contributed by atoms with Crippen LogP contribution in [0.25, 0.3) is 0 Å². The first-order chi connectivity index (χ1) is 13.4. The van der Waals surface area contributed by atoms with Gasteiger partial charge in [-0.25, -0.2) is 0 Å². The van der Waals surface area contributed by atoms with E-state index in [-0.39, 0.29) is 35.5 Å². The number of nitrogens with one attached hydrogen (secondary N) is 1. The summed E-state index contributed by atoms with van der Waals surface area (Å²) < 4.78 is 6.00. The third-order valence-electron chi connectivity index (χ3n) is 5.82. The lowest BCUT2D eigenvalue weighted by molar-refractivity contribution is 0.0876. The van der Waals surface area contributed by atoms with Crippen LogP contribution in [0.15, 0.2) is 12.1 Å². The molecule has 1 aromatic carbocycles. The SMILES string of the molecule is CCC#CC[C@H](C)Oc1c(C(=O)NC2CC3CCC(C2)N3C)ccc(N)c1Cl.Cl. The maximum Gasteiger partial charge on any atom is 0.255 e. The summed E-state index contributed by atoms with van der Waals surface area (Å²) in [5, 5.41) is 3.48. The minimum absolute atomic E-state index is 0. The Morgan fingerprint density at radius 2 is 2.00 bits per heavy atom. The molecule has 1 aromatic rings. The summed E-state index contributed by atoms with van der Waals surface area (Å²) in [5.41, 5.74) is 6.79. The van der Waals surface area contributed by atoms with Gasteiger partial charge >= 0.3 is 0 Å². The largest absolute Gasteiger partial charge is 0.487 e. The van der Waals surface area contributed by atoms with Crippen LogP contribution < -0.4 is 15.8 Å². The quantitative estimate of drug-likeness (QED) is 0.530. The molecule has 0 radical (unpaired) electrons. The number of hydrogen-bond acceptors (Lipinski definition) is 4. The van der Waals surface area contributed by atoms with Gasteiger partial charge in [0.1, 0.15) is 11.1 Å². The van der Waals surface area contributed by atoms with Crippen LogP contribution in [0.5, 0.6) is 5.75 Å². The third kappa shape index (κ3) is 5.51. The fourth-order valence-corrected chi connectivity index (χ4v) is 4.45. The van der Waals surface area contributed by atoms with Gasteiger partial charge in [-0.3, -0.25) is 4.79 Å². The van der Waals surface area contributed by atoms with Crippen LogP contribution in [0.1, 0.15) is 62.7 Å². The summed E-state index contributed by atoms with van der Waals surface area (Å²) in [6.07, 6.45) is 5.58. The van der Waals surface area contributed by atoms with Gasteiger partial charge in [0.25, 0.3) is 5.91 Å². The highest BCUT2D eigenvalue weighted by Gasteiger charge is 2.39.